The van der Waals surface area contributed by atoms with Crippen LogP contribution in [-0.2, 0) is 0 Å². The molecule has 0 atom stereocenters. The van der Waals surface area contributed by atoms with Crippen molar-refractivity contribution in [1.82, 2.24) is 9.97 Å². The zero-order valence-corrected chi connectivity index (χ0v) is 13.0. The van der Waals surface area contributed by atoms with Crippen LogP contribution in [0.5, 0.6) is 0 Å². The number of hydrogen-bond acceptors (Lipinski definition) is 4. The van der Waals surface area contributed by atoms with Crippen LogP contribution in [0.3, 0.4) is 0 Å². The summed E-state index contributed by atoms with van der Waals surface area (Å²) in [5.41, 5.74) is 0.891. The van der Waals surface area contributed by atoms with Crippen LogP contribution in [0.2, 0.25) is 10.0 Å². The molecule has 0 radical (unpaired) electrons. The zero-order chi connectivity index (χ0) is 13.1. The number of nitrogens with one attached hydrogen (secondary N) is 2. The lowest BCUT2D eigenvalue weighted by Crippen LogP contribution is -2.01. The van der Waals surface area contributed by atoms with Gasteiger partial charge in [-0.1, -0.05) is 23.2 Å². The lowest BCUT2D eigenvalue weighted by molar-refractivity contribution is 1.15. The molecule has 0 amide bonds. The topological polar surface area (TPSA) is 49.8 Å². The summed E-state index contributed by atoms with van der Waals surface area (Å²) in [6.07, 6.45) is 1.55. The molecule has 0 fully saturated rings. The van der Waals surface area contributed by atoms with Gasteiger partial charge in [-0.3, -0.25) is 0 Å². The molecule has 0 aliphatic rings. The quantitative estimate of drug-likeness (QED) is 0.767. The van der Waals surface area contributed by atoms with Gasteiger partial charge in [0.1, 0.15) is 5.02 Å². The molecule has 2 aromatic rings. The molecule has 2 N–H and O–H groups in total. The number of halogens is 3. The van der Waals surface area contributed by atoms with Gasteiger partial charge in [-0.25, -0.2) is 4.98 Å². The Morgan fingerprint density at radius 1 is 1.28 bits per heavy atom. The number of aromatic nitrogens is 2. The SMILES string of the molecule is CNc1ncc(Cl)c(Nc2ccc(Cl)cc2I)n1. The van der Waals surface area contributed by atoms with Crippen molar-refractivity contribution in [3.63, 3.8) is 0 Å². The highest BCUT2D eigenvalue weighted by Crippen LogP contribution is 2.28. The third kappa shape index (κ3) is 3.15. The Labute approximate surface area is 128 Å². The number of benzene rings is 1. The molecule has 0 unspecified atom stereocenters. The van der Waals surface area contributed by atoms with E-state index in [4.69, 9.17) is 23.2 Å². The number of nitrogens with zero attached hydrogens (tertiary/aromatic N) is 2. The highest BCUT2D eigenvalue weighted by molar-refractivity contribution is 14.1. The van der Waals surface area contributed by atoms with E-state index < -0.39 is 0 Å². The Bertz CT molecular complexity index is 577. The normalized spacial score (nSPS) is 10.2. The molecule has 1 aromatic carbocycles. The molecule has 2 rings (SSSR count). The van der Waals surface area contributed by atoms with E-state index in [1.165, 1.54) is 0 Å². The van der Waals surface area contributed by atoms with Gasteiger partial charge in [0, 0.05) is 15.6 Å². The fourth-order valence-electron chi connectivity index (χ4n) is 1.29. The monoisotopic (exact) mass is 394 g/mol. The van der Waals surface area contributed by atoms with E-state index in [2.05, 4.69) is 43.2 Å². The van der Waals surface area contributed by atoms with E-state index in [-0.39, 0.29) is 0 Å². The second-order valence-electron chi connectivity index (χ2n) is 3.39. The minimum Gasteiger partial charge on any atom is -0.357 e. The van der Waals surface area contributed by atoms with Crippen LogP contribution >= 0.6 is 45.8 Å². The maximum atomic E-state index is 6.04. The van der Waals surface area contributed by atoms with Crippen molar-refractivity contribution in [3.8, 4) is 0 Å². The summed E-state index contributed by atoms with van der Waals surface area (Å²) in [7, 11) is 1.75. The van der Waals surface area contributed by atoms with Crippen LogP contribution in [0.4, 0.5) is 17.5 Å². The van der Waals surface area contributed by atoms with Crippen LogP contribution in [-0.4, -0.2) is 17.0 Å². The molecule has 0 saturated heterocycles. The standard InChI is InChI=1S/C11H9Cl2IN4/c1-15-11-16-5-7(13)10(18-11)17-9-3-2-6(12)4-8(9)14/h2-5H,1H3,(H2,15,16,17,18). The first-order chi connectivity index (χ1) is 8.60. The molecule has 0 bridgehead atoms. The van der Waals surface area contributed by atoms with E-state index in [1.54, 1.807) is 19.3 Å². The highest BCUT2D eigenvalue weighted by Gasteiger charge is 2.07. The fraction of sp³-hybridized carbons (Fsp3) is 0.0909. The van der Waals surface area contributed by atoms with Crippen molar-refractivity contribution >= 4 is 63.2 Å². The summed E-state index contributed by atoms with van der Waals surface area (Å²) in [6.45, 7) is 0. The molecule has 4 nitrogen and oxygen atoms in total. The van der Waals surface area contributed by atoms with E-state index in [0.29, 0.717) is 21.8 Å². The third-order valence-corrected chi connectivity index (χ3v) is 3.56. The van der Waals surface area contributed by atoms with Gasteiger partial charge in [0.05, 0.1) is 11.9 Å². The van der Waals surface area contributed by atoms with E-state index in [9.17, 15) is 0 Å². The van der Waals surface area contributed by atoms with Gasteiger partial charge in [0.25, 0.3) is 0 Å². The maximum absolute atomic E-state index is 6.04. The molecule has 0 saturated carbocycles. The lowest BCUT2D eigenvalue weighted by atomic mass is 10.3. The minimum atomic E-state index is 0.458. The third-order valence-electron chi connectivity index (χ3n) is 2.15. The van der Waals surface area contributed by atoms with Gasteiger partial charge in [0.15, 0.2) is 5.82 Å². The van der Waals surface area contributed by atoms with Gasteiger partial charge < -0.3 is 10.6 Å². The molecular weight excluding hydrogens is 386 g/mol. The molecule has 1 aromatic heterocycles. The average Bonchev–Trinajstić information content (AvgIpc) is 2.35. The van der Waals surface area contributed by atoms with Gasteiger partial charge in [-0.2, -0.15) is 4.98 Å². The molecule has 0 spiro atoms. The molecule has 18 heavy (non-hydrogen) atoms. The van der Waals surface area contributed by atoms with Gasteiger partial charge in [-0.15, -0.1) is 0 Å². The Morgan fingerprint density at radius 3 is 2.72 bits per heavy atom. The van der Waals surface area contributed by atoms with Crippen LogP contribution in [0.25, 0.3) is 0 Å². The highest BCUT2D eigenvalue weighted by atomic mass is 127. The van der Waals surface area contributed by atoms with Crippen molar-refractivity contribution in [2.45, 2.75) is 0 Å². The summed E-state index contributed by atoms with van der Waals surface area (Å²) in [5.74, 6) is 1.06. The first kappa shape index (κ1) is 13.6. The Balaban J connectivity index is 2.33. The Hall–Kier alpha value is -0.790. The summed E-state index contributed by atoms with van der Waals surface area (Å²) in [5, 5.41) is 7.16. The molecule has 0 aliphatic heterocycles. The van der Waals surface area contributed by atoms with Gasteiger partial charge in [0.2, 0.25) is 5.95 Å². The minimum absolute atomic E-state index is 0.458. The Kier molecular flexibility index (Phi) is 4.47. The van der Waals surface area contributed by atoms with Crippen LogP contribution in [0, 0.1) is 3.57 Å². The number of anilines is 3. The first-order valence-corrected chi connectivity index (χ1v) is 6.86. The summed E-state index contributed by atoms with van der Waals surface area (Å²) in [4.78, 5) is 8.27. The first-order valence-electron chi connectivity index (χ1n) is 5.02. The maximum Gasteiger partial charge on any atom is 0.224 e. The van der Waals surface area contributed by atoms with Crippen LogP contribution in [0.1, 0.15) is 0 Å². The second kappa shape index (κ2) is 5.90. The number of rotatable bonds is 3. The molecular formula is C11H9Cl2IN4. The van der Waals surface area contributed by atoms with Gasteiger partial charge >= 0.3 is 0 Å². The predicted molar refractivity (Wildman–Crippen MR) is 84.0 cm³/mol. The smallest absolute Gasteiger partial charge is 0.224 e. The fourth-order valence-corrected chi connectivity index (χ4v) is 2.44. The average molecular weight is 395 g/mol. The molecule has 7 heteroatoms. The second-order valence-corrected chi connectivity index (χ2v) is 5.40. The molecule has 0 aliphatic carbocycles. The predicted octanol–water partition coefficient (Wildman–Crippen LogP) is 4.17. The van der Waals surface area contributed by atoms with Gasteiger partial charge in [-0.05, 0) is 40.8 Å². The largest absolute Gasteiger partial charge is 0.357 e. The summed E-state index contributed by atoms with van der Waals surface area (Å²) in [6, 6.07) is 5.54. The Morgan fingerprint density at radius 2 is 2.06 bits per heavy atom. The lowest BCUT2D eigenvalue weighted by Gasteiger charge is -2.10. The van der Waals surface area contributed by atoms with Crippen LogP contribution < -0.4 is 10.6 Å². The zero-order valence-electron chi connectivity index (χ0n) is 9.34. The van der Waals surface area contributed by atoms with E-state index >= 15 is 0 Å². The molecule has 94 valence electrons. The van der Waals surface area contributed by atoms with Crippen molar-refractivity contribution in [2.24, 2.45) is 0 Å². The van der Waals surface area contributed by atoms with Crippen LogP contribution in [0.15, 0.2) is 24.4 Å². The number of hydrogen-bond donors (Lipinski definition) is 2. The summed E-state index contributed by atoms with van der Waals surface area (Å²) >= 11 is 14.1. The van der Waals surface area contributed by atoms with Crippen molar-refractivity contribution in [3.05, 3.63) is 38.0 Å². The van der Waals surface area contributed by atoms with E-state index in [1.807, 2.05) is 12.1 Å². The molecule has 1 heterocycles. The van der Waals surface area contributed by atoms with Crippen molar-refractivity contribution in [1.29, 1.82) is 0 Å². The summed E-state index contributed by atoms with van der Waals surface area (Å²) < 4.78 is 0.987. The van der Waals surface area contributed by atoms with Crippen molar-refractivity contribution in [2.75, 3.05) is 17.7 Å². The van der Waals surface area contributed by atoms with Crippen molar-refractivity contribution < 1.29 is 0 Å². The van der Waals surface area contributed by atoms with E-state index in [0.717, 1.165) is 9.26 Å².